The molecule has 1 aliphatic rings. The first-order chi connectivity index (χ1) is 15.1. The van der Waals surface area contributed by atoms with Crippen LogP contribution in [0.25, 0.3) is 6.08 Å². The van der Waals surface area contributed by atoms with E-state index >= 15 is 0 Å². The fourth-order valence-corrected chi connectivity index (χ4v) is 3.16. The van der Waals surface area contributed by atoms with E-state index < -0.39 is 24.4 Å². The maximum atomic E-state index is 12.3. The summed E-state index contributed by atoms with van der Waals surface area (Å²) >= 11 is 0. The van der Waals surface area contributed by atoms with E-state index in [0.29, 0.717) is 11.2 Å². The molecule has 7 nitrogen and oxygen atoms in total. The zero-order valence-electron chi connectivity index (χ0n) is 19.2. The van der Waals surface area contributed by atoms with Crippen LogP contribution in [0.15, 0.2) is 54.0 Å². The van der Waals surface area contributed by atoms with Gasteiger partial charge in [0, 0.05) is 18.2 Å². The highest BCUT2D eigenvalue weighted by molar-refractivity contribution is 6.56. The van der Waals surface area contributed by atoms with Crippen molar-refractivity contribution < 1.29 is 28.7 Å². The number of alkyl carbamates (subject to hydrolysis) is 1. The fourth-order valence-electron chi connectivity index (χ4n) is 3.16. The Bertz CT molecular complexity index is 958. The summed E-state index contributed by atoms with van der Waals surface area (Å²) in [6, 6.07) is 14.3. The molecular formula is C24H30BNO6. The highest BCUT2D eigenvalue weighted by Crippen LogP contribution is 2.39. The van der Waals surface area contributed by atoms with Gasteiger partial charge in [0.25, 0.3) is 0 Å². The van der Waals surface area contributed by atoms with Crippen molar-refractivity contribution >= 4 is 19.3 Å². The number of phenols is 1. The summed E-state index contributed by atoms with van der Waals surface area (Å²) < 4.78 is 23.1. The third-order valence-corrected chi connectivity index (χ3v) is 5.76. The zero-order chi connectivity index (χ0) is 23.4. The van der Waals surface area contributed by atoms with Crippen LogP contribution in [0.5, 0.6) is 11.5 Å². The van der Waals surface area contributed by atoms with Crippen LogP contribution in [0.1, 0.15) is 38.8 Å². The zero-order valence-corrected chi connectivity index (χ0v) is 19.2. The highest BCUT2D eigenvalue weighted by atomic mass is 16.7. The molecule has 0 radical (unpaired) electrons. The van der Waals surface area contributed by atoms with E-state index in [1.165, 1.54) is 13.2 Å². The second-order valence-corrected chi connectivity index (χ2v) is 8.65. The number of methoxy groups -OCH3 is 1. The van der Waals surface area contributed by atoms with Gasteiger partial charge in [-0.25, -0.2) is 4.79 Å². The number of carbonyl (C=O) groups is 1. The molecule has 0 spiro atoms. The largest absolute Gasteiger partial charge is 0.508 e. The average molecular weight is 439 g/mol. The van der Waals surface area contributed by atoms with Gasteiger partial charge in [0.15, 0.2) is 0 Å². The van der Waals surface area contributed by atoms with Crippen LogP contribution in [-0.2, 0) is 20.7 Å². The molecule has 170 valence electrons. The monoisotopic (exact) mass is 439 g/mol. The van der Waals surface area contributed by atoms with Crippen molar-refractivity contribution in [3.05, 3.63) is 65.1 Å². The Hall–Kier alpha value is -2.97. The molecule has 0 bridgehead atoms. The van der Waals surface area contributed by atoms with Crippen molar-refractivity contribution in [2.75, 3.05) is 13.7 Å². The Morgan fingerprint density at radius 3 is 2.38 bits per heavy atom. The van der Waals surface area contributed by atoms with Crippen molar-refractivity contribution in [1.82, 2.24) is 5.32 Å². The molecule has 8 heteroatoms. The topological polar surface area (TPSA) is 86.3 Å². The molecule has 1 aliphatic heterocycles. The summed E-state index contributed by atoms with van der Waals surface area (Å²) in [5.74, 6) is 0.587. The van der Waals surface area contributed by atoms with Crippen molar-refractivity contribution in [3.63, 3.8) is 0 Å². The van der Waals surface area contributed by atoms with Crippen molar-refractivity contribution in [2.24, 2.45) is 0 Å². The van der Waals surface area contributed by atoms with Gasteiger partial charge in [0.05, 0.1) is 18.3 Å². The number of aromatic hydroxyl groups is 1. The van der Waals surface area contributed by atoms with Gasteiger partial charge in [-0.15, -0.1) is 0 Å². The van der Waals surface area contributed by atoms with E-state index in [4.69, 9.17) is 18.8 Å². The number of ether oxygens (including phenoxy) is 2. The molecule has 1 amide bonds. The van der Waals surface area contributed by atoms with Crippen LogP contribution in [-0.4, -0.2) is 43.2 Å². The molecule has 2 N–H and O–H groups in total. The molecule has 2 aromatic carbocycles. The van der Waals surface area contributed by atoms with Crippen LogP contribution >= 0.6 is 0 Å². The number of nitrogens with one attached hydrogen (secondary N) is 1. The molecule has 1 heterocycles. The Kier molecular flexibility index (Phi) is 7.16. The first-order valence-electron chi connectivity index (χ1n) is 10.5. The van der Waals surface area contributed by atoms with E-state index in [9.17, 15) is 9.90 Å². The second-order valence-electron chi connectivity index (χ2n) is 8.65. The number of rotatable bonds is 7. The third-order valence-electron chi connectivity index (χ3n) is 5.76. The summed E-state index contributed by atoms with van der Waals surface area (Å²) in [7, 11) is 0.854. The number of hydrogen-bond donors (Lipinski definition) is 2. The molecular weight excluding hydrogens is 409 g/mol. The van der Waals surface area contributed by atoms with Gasteiger partial charge < -0.3 is 29.2 Å². The Morgan fingerprint density at radius 2 is 1.75 bits per heavy atom. The maximum Gasteiger partial charge on any atom is 0.492 e. The molecule has 0 unspecified atom stereocenters. The van der Waals surface area contributed by atoms with Crippen molar-refractivity contribution in [3.8, 4) is 11.5 Å². The van der Waals surface area contributed by atoms with E-state index in [0.717, 1.165) is 11.1 Å². The number of hydrogen-bond acceptors (Lipinski definition) is 6. The van der Waals surface area contributed by atoms with Gasteiger partial charge in [-0.1, -0.05) is 36.4 Å². The first kappa shape index (κ1) is 23.7. The molecule has 3 rings (SSSR count). The minimum Gasteiger partial charge on any atom is -0.508 e. The van der Waals surface area contributed by atoms with Gasteiger partial charge >= 0.3 is 13.2 Å². The smallest absolute Gasteiger partial charge is 0.492 e. The lowest BCUT2D eigenvalue weighted by Crippen LogP contribution is -2.41. The molecule has 0 aliphatic carbocycles. The SMILES string of the molecule is COc1cc(O)ccc1C=C(CNC(=O)OCc1ccccc1)B1OC(C)(C)C(C)(C)O1. The molecule has 1 saturated heterocycles. The quantitative estimate of drug-likeness (QED) is 0.625. The summed E-state index contributed by atoms with van der Waals surface area (Å²) in [5, 5.41) is 12.5. The van der Waals surface area contributed by atoms with E-state index in [1.807, 2.05) is 64.1 Å². The van der Waals surface area contributed by atoms with Gasteiger partial charge in [-0.05, 0) is 50.9 Å². The number of benzene rings is 2. The lowest BCUT2D eigenvalue weighted by atomic mass is 9.77. The summed E-state index contributed by atoms with van der Waals surface area (Å²) in [4.78, 5) is 12.3. The van der Waals surface area contributed by atoms with E-state index in [1.54, 1.807) is 12.1 Å². The summed E-state index contributed by atoms with van der Waals surface area (Å²) in [6.45, 7) is 8.18. The summed E-state index contributed by atoms with van der Waals surface area (Å²) in [5.41, 5.74) is 1.23. The predicted molar refractivity (Wildman–Crippen MR) is 123 cm³/mol. The molecule has 1 fully saturated rings. The Balaban J connectivity index is 1.78. The third kappa shape index (κ3) is 5.63. The molecule has 0 aromatic heterocycles. The Morgan fingerprint density at radius 1 is 1.09 bits per heavy atom. The predicted octanol–water partition coefficient (Wildman–Crippen LogP) is 4.34. The van der Waals surface area contributed by atoms with Crippen LogP contribution in [0.4, 0.5) is 4.79 Å². The van der Waals surface area contributed by atoms with Gasteiger partial charge in [0.1, 0.15) is 18.1 Å². The number of amides is 1. The van der Waals surface area contributed by atoms with Crippen molar-refractivity contribution in [2.45, 2.75) is 45.5 Å². The molecule has 0 saturated carbocycles. The Labute approximate surface area is 189 Å². The number of carbonyl (C=O) groups excluding carboxylic acids is 1. The maximum absolute atomic E-state index is 12.3. The van der Waals surface area contributed by atoms with Gasteiger partial charge in [0.2, 0.25) is 0 Å². The van der Waals surface area contributed by atoms with Crippen LogP contribution in [0, 0.1) is 0 Å². The average Bonchev–Trinajstić information content (AvgIpc) is 2.97. The standard InChI is InChI=1S/C24H30BNO6/c1-23(2)24(3,4)32-25(31-23)19(13-18-11-12-20(27)14-21(18)29-5)15-26-22(28)30-16-17-9-7-6-8-10-17/h6-14,27H,15-16H2,1-5H3,(H,26,28). The normalized spacial score (nSPS) is 17.2. The van der Waals surface area contributed by atoms with Gasteiger partial charge in [-0.3, -0.25) is 0 Å². The van der Waals surface area contributed by atoms with Crippen LogP contribution < -0.4 is 10.1 Å². The molecule has 32 heavy (non-hydrogen) atoms. The van der Waals surface area contributed by atoms with E-state index in [-0.39, 0.29) is 18.9 Å². The minimum absolute atomic E-state index is 0.0961. The van der Waals surface area contributed by atoms with Crippen molar-refractivity contribution in [1.29, 1.82) is 0 Å². The molecule has 0 atom stereocenters. The van der Waals surface area contributed by atoms with E-state index in [2.05, 4.69) is 5.32 Å². The van der Waals surface area contributed by atoms with Gasteiger partial charge in [-0.2, -0.15) is 0 Å². The minimum atomic E-state index is -0.673. The number of phenolic OH excluding ortho intramolecular Hbond substituents is 1. The first-order valence-corrected chi connectivity index (χ1v) is 10.5. The van der Waals surface area contributed by atoms with Crippen LogP contribution in [0.3, 0.4) is 0 Å². The van der Waals surface area contributed by atoms with Crippen LogP contribution in [0.2, 0.25) is 0 Å². The lowest BCUT2D eigenvalue weighted by Gasteiger charge is -2.32. The summed E-state index contributed by atoms with van der Waals surface area (Å²) in [6.07, 6.45) is 1.28. The molecule has 2 aromatic rings. The highest BCUT2D eigenvalue weighted by Gasteiger charge is 2.52. The lowest BCUT2D eigenvalue weighted by molar-refractivity contribution is 0.00578. The fraction of sp³-hybridized carbons (Fsp3) is 0.375. The second kappa shape index (κ2) is 9.67.